The Labute approximate surface area is 103 Å². The number of hydrogen-bond donors (Lipinski definition) is 2. The van der Waals surface area contributed by atoms with Crippen LogP contribution in [0.25, 0.3) is 0 Å². The predicted octanol–water partition coefficient (Wildman–Crippen LogP) is 1.35. The molecule has 0 saturated heterocycles. The van der Waals surface area contributed by atoms with Gasteiger partial charge in [-0.15, -0.1) is 0 Å². The molecule has 0 amide bonds. The van der Waals surface area contributed by atoms with Gasteiger partial charge in [0.15, 0.2) is 0 Å². The van der Waals surface area contributed by atoms with Crippen molar-refractivity contribution in [2.75, 3.05) is 19.7 Å². The summed E-state index contributed by atoms with van der Waals surface area (Å²) in [7, 11) is 0. The van der Waals surface area contributed by atoms with Crippen LogP contribution < -0.4 is 10.6 Å². The van der Waals surface area contributed by atoms with Gasteiger partial charge in [-0.25, -0.2) is 4.79 Å². The van der Waals surface area contributed by atoms with Crippen LogP contribution in [-0.4, -0.2) is 31.2 Å². The minimum atomic E-state index is -0.691. The lowest BCUT2D eigenvalue weighted by molar-refractivity contribution is -0.149. The lowest BCUT2D eigenvalue weighted by Crippen LogP contribution is -2.52. The maximum absolute atomic E-state index is 12.0. The molecule has 0 aromatic heterocycles. The fraction of sp³-hybridized carbons (Fsp3) is 0.615. The molecule has 17 heavy (non-hydrogen) atoms. The molecule has 0 aromatic carbocycles. The summed E-state index contributed by atoms with van der Waals surface area (Å²) in [6, 6.07) is 0. The van der Waals surface area contributed by atoms with Crippen LogP contribution >= 0.6 is 0 Å². The fourth-order valence-electron chi connectivity index (χ4n) is 1.90. The molecule has 0 saturated carbocycles. The number of carbonyl (C=O) groups excluding carboxylic acids is 1. The van der Waals surface area contributed by atoms with E-state index in [-0.39, 0.29) is 5.97 Å². The lowest BCUT2D eigenvalue weighted by atomic mass is 9.90. The Bertz CT molecular complexity index is 323. The molecule has 4 nitrogen and oxygen atoms in total. The van der Waals surface area contributed by atoms with E-state index in [9.17, 15) is 4.79 Å². The Morgan fingerprint density at radius 3 is 2.65 bits per heavy atom. The summed E-state index contributed by atoms with van der Waals surface area (Å²) < 4.78 is 5.13. The van der Waals surface area contributed by atoms with Gasteiger partial charge in [0.2, 0.25) is 0 Å². The third-order valence-electron chi connectivity index (χ3n) is 2.70. The highest BCUT2D eigenvalue weighted by Gasteiger charge is 2.37. The fourth-order valence-corrected chi connectivity index (χ4v) is 1.90. The molecule has 96 valence electrons. The highest BCUT2D eigenvalue weighted by molar-refractivity contribution is 5.84. The minimum Gasteiger partial charge on any atom is -0.464 e. The third kappa shape index (κ3) is 3.33. The number of likely N-dealkylation sites (N-methyl/N-ethyl adjacent to an activating group) is 2. The van der Waals surface area contributed by atoms with Gasteiger partial charge in [-0.2, -0.15) is 0 Å². The van der Waals surface area contributed by atoms with Gasteiger partial charge in [-0.3, -0.25) is 5.32 Å². The smallest absolute Gasteiger partial charge is 0.330 e. The second-order valence-corrected chi connectivity index (χ2v) is 3.95. The van der Waals surface area contributed by atoms with Gasteiger partial charge < -0.3 is 10.1 Å². The van der Waals surface area contributed by atoms with Crippen LogP contribution in [0.2, 0.25) is 0 Å². The van der Waals surface area contributed by atoms with Crippen molar-refractivity contribution in [2.45, 2.75) is 32.7 Å². The first kappa shape index (κ1) is 13.8. The summed E-state index contributed by atoms with van der Waals surface area (Å²) >= 11 is 0. The van der Waals surface area contributed by atoms with E-state index >= 15 is 0 Å². The van der Waals surface area contributed by atoms with Crippen molar-refractivity contribution in [2.24, 2.45) is 0 Å². The summed E-state index contributed by atoms with van der Waals surface area (Å²) in [4.78, 5) is 12.0. The molecule has 0 bridgehead atoms. The maximum Gasteiger partial charge on any atom is 0.330 e. The molecule has 0 spiro atoms. The third-order valence-corrected chi connectivity index (χ3v) is 2.70. The Kier molecular flexibility index (Phi) is 5.22. The van der Waals surface area contributed by atoms with Crippen LogP contribution in [0.3, 0.4) is 0 Å². The Morgan fingerprint density at radius 2 is 2.18 bits per heavy atom. The molecule has 0 unspecified atom stereocenters. The number of esters is 1. The topological polar surface area (TPSA) is 50.4 Å². The van der Waals surface area contributed by atoms with Crippen molar-refractivity contribution in [3.05, 3.63) is 23.9 Å². The van der Waals surface area contributed by atoms with Crippen molar-refractivity contribution >= 4 is 5.97 Å². The maximum atomic E-state index is 12.0. The standard InChI is InChI=1S/C13H22N2O2/c1-4-14-11-7-9-13(10-8-11,15-5-2)12(16)17-6-3/h7-9,14-15H,4-6,10H2,1-3H3/t13-/m1/s1. The summed E-state index contributed by atoms with van der Waals surface area (Å²) in [5, 5.41) is 6.44. The van der Waals surface area contributed by atoms with Gasteiger partial charge in [-0.1, -0.05) is 19.1 Å². The van der Waals surface area contributed by atoms with Crippen molar-refractivity contribution in [3.63, 3.8) is 0 Å². The van der Waals surface area contributed by atoms with Gasteiger partial charge in [0.05, 0.1) is 6.61 Å². The molecule has 1 aliphatic rings. The molecular formula is C13H22N2O2. The second kappa shape index (κ2) is 6.45. The van der Waals surface area contributed by atoms with Crippen molar-refractivity contribution in [3.8, 4) is 0 Å². The SMILES string of the molecule is CCNC1=CC[C@@](NCC)(C(=O)OCC)C=C1. The van der Waals surface area contributed by atoms with Gasteiger partial charge in [0.1, 0.15) is 5.54 Å². The molecule has 0 aliphatic heterocycles. The number of hydrogen-bond acceptors (Lipinski definition) is 4. The van der Waals surface area contributed by atoms with Crippen LogP contribution in [0, 0.1) is 0 Å². The van der Waals surface area contributed by atoms with Crippen molar-refractivity contribution in [1.82, 2.24) is 10.6 Å². The lowest BCUT2D eigenvalue weighted by Gasteiger charge is -2.30. The summed E-state index contributed by atoms with van der Waals surface area (Å²) in [6.07, 6.45) is 6.49. The molecule has 2 N–H and O–H groups in total. The predicted molar refractivity (Wildman–Crippen MR) is 68.6 cm³/mol. The zero-order valence-corrected chi connectivity index (χ0v) is 10.9. The summed E-state index contributed by atoms with van der Waals surface area (Å²) in [5.41, 5.74) is 0.370. The van der Waals surface area contributed by atoms with E-state index < -0.39 is 5.54 Å². The number of carbonyl (C=O) groups is 1. The summed E-state index contributed by atoms with van der Waals surface area (Å²) in [5.74, 6) is -0.204. The van der Waals surface area contributed by atoms with Crippen LogP contribution in [0.4, 0.5) is 0 Å². The van der Waals surface area contributed by atoms with Gasteiger partial charge in [0, 0.05) is 18.7 Å². The zero-order chi connectivity index (χ0) is 12.7. The highest BCUT2D eigenvalue weighted by Crippen LogP contribution is 2.21. The van der Waals surface area contributed by atoms with E-state index in [1.807, 2.05) is 39.0 Å². The zero-order valence-electron chi connectivity index (χ0n) is 10.9. The first-order valence-corrected chi connectivity index (χ1v) is 6.24. The average Bonchev–Trinajstić information content (AvgIpc) is 2.33. The molecule has 1 rings (SSSR count). The summed E-state index contributed by atoms with van der Waals surface area (Å²) in [6.45, 7) is 7.87. The minimum absolute atomic E-state index is 0.204. The molecule has 0 fully saturated rings. The molecule has 0 radical (unpaired) electrons. The van der Waals surface area contributed by atoms with E-state index in [0.29, 0.717) is 13.0 Å². The first-order valence-electron chi connectivity index (χ1n) is 6.24. The van der Waals surface area contributed by atoms with Crippen molar-refractivity contribution < 1.29 is 9.53 Å². The molecule has 0 aromatic rings. The van der Waals surface area contributed by atoms with Gasteiger partial charge in [0.25, 0.3) is 0 Å². The van der Waals surface area contributed by atoms with Crippen molar-refractivity contribution in [1.29, 1.82) is 0 Å². The number of nitrogens with one attached hydrogen (secondary N) is 2. The number of allylic oxidation sites excluding steroid dienone is 1. The van der Waals surface area contributed by atoms with E-state index in [1.54, 1.807) is 0 Å². The number of rotatable bonds is 6. The van der Waals surface area contributed by atoms with Gasteiger partial charge >= 0.3 is 5.97 Å². The molecule has 1 atom stereocenters. The number of ether oxygens (including phenoxy) is 1. The molecule has 1 aliphatic carbocycles. The van der Waals surface area contributed by atoms with E-state index in [2.05, 4.69) is 10.6 Å². The second-order valence-electron chi connectivity index (χ2n) is 3.95. The Hall–Kier alpha value is -1.29. The molecular weight excluding hydrogens is 216 g/mol. The monoisotopic (exact) mass is 238 g/mol. The Morgan fingerprint density at radius 1 is 1.41 bits per heavy atom. The normalized spacial score (nSPS) is 23.1. The molecule has 4 heteroatoms. The highest BCUT2D eigenvalue weighted by atomic mass is 16.5. The van der Waals surface area contributed by atoms with Gasteiger partial charge in [-0.05, 0) is 26.5 Å². The van der Waals surface area contributed by atoms with Crippen LogP contribution in [0.1, 0.15) is 27.2 Å². The Balaban J connectivity index is 2.77. The van der Waals surface area contributed by atoms with Crippen LogP contribution in [0.15, 0.2) is 23.9 Å². The van der Waals surface area contributed by atoms with Crippen LogP contribution in [0.5, 0.6) is 0 Å². The quantitative estimate of drug-likeness (QED) is 0.686. The van der Waals surface area contributed by atoms with E-state index in [0.717, 1.165) is 18.8 Å². The average molecular weight is 238 g/mol. The largest absolute Gasteiger partial charge is 0.464 e. The van der Waals surface area contributed by atoms with Crippen LogP contribution in [-0.2, 0) is 9.53 Å². The molecule has 0 heterocycles. The van der Waals surface area contributed by atoms with E-state index in [1.165, 1.54) is 0 Å². The first-order chi connectivity index (χ1) is 8.18. The van der Waals surface area contributed by atoms with E-state index in [4.69, 9.17) is 4.74 Å².